The number of halogens is 2. The van der Waals surface area contributed by atoms with Gasteiger partial charge in [0.05, 0.1) is 18.0 Å². The molecule has 2 rings (SSSR count). The summed E-state index contributed by atoms with van der Waals surface area (Å²) in [5.41, 5.74) is 1.75. The van der Waals surface area contributed by atoms with Crippen LogP contribution in [0.4, 0.5) is 8.78 Å². The zero-order valence-electron chi connectivity index (χ0n) is 13.8. The van der Waals surface area contributed by atoms with Gasteiger partial charge in [0.2, 0.25) is 0 Å². The van der Waals surface area contributed by atoms with Crippen molar-refractivity contribution >= 4 is 12.2 Å². The van der Waals surface area contributed by atoms with Gasteiger partial charge in [0.1, 0.15) is 11.6 Å². The van der Waals surface area contributed by atoms with E-state index in [0.717, 1.165) is 5.56 Å². The Bertz CT molecular complexity index is 684. The quantitative estimate of drug-likeness (QED) is 0.814. The lowest BCUT2D eigenvalue weighted by Crippen LogP contribution is -2.37. The Morgan fingerprint density at radius 1 is 1.08 bits per heavy atom. The Balaban J connectivity index is 2.08. The highest BCUT2D eigenvalue weighted by Crippen LogP contribution is 2.11. The van der Waals surface area contributed by atoms with Crippen molar-refractivity contribution < 1.29 is 13.9 Å². The minimum absolute atomic E-state index is 0.0105. The number of benzene rings is 1. The molecule has 0 fully saturated rings. The number of aliphatic hydroxyl groups is 1. The van der Waals surface area contributed by atoms with Gasteiger partial charge in [0.15, 0.2) is 0 Å². The van der Waals surface area contributed by atoms with Gasteiger partial charge in [0.25, 0.3) is 0 Å². The highest BCUT2D eigenvalue weighted by Gasteiger charge is 2.13. The fourth-order valence-electron chi connectivity index (χ4n) is 2.21. The first-order chi connectivity index (χ1) is 11.5. The van der Waals surface area contributed by atoms with Gasteiger partial charge in [-0.3, -0.25) is 0 Å². The maximum absolute atomic E-state index is 13.9. The molecule has 2 N–H and O–H groups in total. The lowest BCUT2D eigenvalue weighted by atomic mass is 10.1. The second kappa shape index (κ2) is 8.66. The number of rotatable bonds is 7. The van der Waals surface area contributed by atoms with Gasteiger partial charge in [-0.2, -0.15) is 0 Å². The fraction of sp³-hybridized carbons (Fsp3) is 0.316. The first kappa shape index (κ1) is 18.2. The van der Waals surface area contributed by atoms with Crippen LogP contribution in [-0.4, -0.2) is 22.7 Å². The summed E-state index contributed by atoms with van der Waals surface area (Å²) in [4.78, 5) is 4.29. The fourth-order valence-corrected chi connectivity index (χ4v) is 2.21. The first-order valence-electron chi connectivity index (χ1n) is 7.93. The van der Waals surface area contributed by atoms with E-state index in [1.807, 2.05) is 13.8 Å². The van der Waals surface area contributed by atoms with Crippen LogP contribution in [-0.2, 0) is 6.54 Å². The molecular weight excluding hydrogens is 310 g/mol. The average molecular weight is 332 g/mol. The minimum atomic E-state index is -0.387. The van der Waals surface area contributed by atoms with E-state index in [-0.39, 0.29) is 36.7 Å². The van der Waals surface area contributed by atoms with Crippen LogP contribution < -0.4 is 5.32 Å². The maximum atomic E-state index is 13.9. The van der Waals surface area contributed by atoms with Crippen molar-refractivity contribution in [1.82, 2.24) is 10.3 Å². The van der Waals surface area contributed by atoms with E-state index in [1.165, 1.54) is 18.2 Å². The van der Waals surface area contributed by atoms with Crippen molar-refractivity contribution in [3.63, 3.8) is 0 Å². The van der Waals surface area contributed by atoms with E-state index >= 15 is 0 Å². The molecule has 128 valence electrons. The van der Waals surface area contributed by atoms with E-state index in [0.29, 0.717) is 11.4 Å². The molecule has 0 aliphatic rings. The number of pyridine rings is 1. The second-order valence-corrected chi connectivity index (χ2v) is 5.96. The van der Waals surface area contributed by atoms with Gasteiger partial charge in [-0.15, -0.1) is 0 Å². The topological polar surface area (TPSA) is 45.1 Å². The predicted molar refractivity (Wildman–Crippen MR) is 92.1 cm³/mol. The highest BCUT2D eigenvalue weighted by molar-refractivity contribution is 5.67. The van der Waals surface area contributed by atoms with Crippen LogP contribution in [0, 0.1) is 17.6 Å². The van der Waals surface area contributed by atoms with E-state index in [4.69, 9.17) is 0 Å². The molecular formula is C19H22F2N2O. The average Bonchev–Trinajstić information content (AvgIpc) is 2.57. The van der Waals surface area contributed by atoms with Gasteiger partial charge >= 0.3 is 0 Å². The smallest absolute Gasteiger partial charge is 0.146 e. The molecule has 1 heterocycles. The Morgan fingerprint density at radius 3 is 2.42 bits per heavy atom. The first-order valence-corrected chi connectivity index (χ1v) is 7.93. The molecule has 0 unspecified atom stereocenters. The number of hydrogen-bond donors (Lipinski definition) is 2. The monoisotopic (exact) mass is 332 g/mol. The van der Waals surface area contributed by atoms with Gasteiger partial charge in [-0.1, -0.05) is 32.1 Å². The molecule has 0 aliphatic heterocycles. The van der Waals surface area contributed by atoms with E-state index in [1.54, 1.807) is 30.4 Å². The number of aliphatic hydroxyl groups excluding tert-OH is 1. The van der Waals surface area contributed by atoms with E-state index in [9.17, 15) is 13.9 Å². The second-order valence-electron chi connectivity index (χ2n) is 5.96. The van der Waals surface area contributed by atoms with E-state index < -0.39 is 0 Å². The van der Waals surface area contributed by atoms with Gasteiger partial charge in [-0.05, 0) is 41.8 Å². The van der Waals surface area contributed by atoms with E-state index in [2.05, 4.69) is 10.3 Å². The highest BCUT2D eigenvalue weighted by atomic mass is 19.1. The zero-order chi connectivity index (χ0) is 17.5. The zero-order valence-corrected chi connectivity index (χ0v) is 13.8. The normalized spacial score (nSPS) is 12.9. The summed E-state index contributed by atoms with van der Waals surface area (Å²) in [5, 5.41) is 12.4. The molecule has 0 spiro atoms. The van der Waals surface area contributed by atoms with Crippen molar-refractivity contribution in [3.8, 4) is 0 Å². The van der Waals surface area contributed by atoms with Crippen LogP contribution in [0.2, 0.25) is 0 Å². The Hall–Kier alpha value is -2.11. The van der Waals surface area contributed by atoms with Crippen LogP contribution >= 0.6 is 0 Å². The molecule has 0 saturated carbocycles. The summed E-state index contributed by atoms with van der Waals surface area (Å²) in [6.45, 7) is 4.20. The Kier molecular flexibility index (Phi) is 6.58. The number of aromatic nitrogens is 1. The van der Waals surface area contributed by atoms with Crippen molar-refractivity contribution in [3.05, 3.63) is 65.0 Å². The molecule has 1 aromatic carbocycles. The molecule has 0 aliphatic carbocycles. The third kappa shape index (κ3) is 5.22. The molecule has 3 nitrogen and oxygen atoms in total. The van der Waals surface area contributed by atoms with Crippen molar-refractivity contribution in [2.24, 2.45) is 5.92 Å². The molecule has 24 heavy (non-hydrogen) atoms. The molecule has 1 atom stereocenters. The van der Waals surface area contributed by atoms with Gasteiger partial charge in [-0.25, -0.2) is 13.8 Å². The number of nitrogens with one attached hydrogen (secondary N) is 1. The number of hydrogen-bond acceptors (Lipinski definition) is 3. The van der Waals surface area contributed by atoms with Crippen LogP contribution in [0.15, 0.2) is 36.4 Å². The predicted octanol–water partition coefficient (Wildman–Crippen LogP) is 3.64. The summed E-state index contributed by atoms with van der Waals surface area (Å²) < 4.78 is 26.8. The number of nitrogens with zero attached hydrogens (tertiary/aromatic N) is 1. The van der Waals surface area contributed by atoms with Crippen LogP contribution in [0.1, 0.15) is 30.8 Å². The molecule has 0 bridgehead atoms. The van der Waals surface area contributed by atoms with Crippen LogP contribution in [0.25, 0.3) is 12.2 Å². The molecule has 5 heteroatoms. The summed E-state index contributed by atoms with van der Waals surface area (Å²) in [6.07, 6.45) is 3.55. The van der Waals surface area contributed by atoms with Gasteiger partial charge < -0.3 is 10.4 Å². The van der Waals surface area contributed by atoms with Crippen molar-refractivity contribution in [1.29, 1.82) is 0 Å². The molecule has 0 saturated heterocycles. The van der Waals surface area contributed by atoms with Crippen LogP contribution in [0.5, 0.6) is 0 Å². The lowest BCUT2D eigenvalue weighted by molar-refractivity contribution is 0.209. The molecule has 0 amide bonds. The Labute approximate surface area is 141 Å². The third-order valence-electron chi connectivity index (χ3n) is 3.79. The van der Waals surface area contributed by atoms with Crippen molar-refractivity contribution in [2.75, 3.05) is 6.61 Å². The summed E-state index contributed by atoms with van der Waals surface area (Å²) in [7, 11) is 0. The largest absolute Gasteiger partial charge is 0.395 e. The summed E-state index contributed by atoms with van der Waals surface area (Å²) in [5.74, 6) is -0.439. The minimum Gasteiger partial charge on any atom is -0.395 e. The SMILES string of the molecule is CC(C)[C@H](CO)NCc1nc(C=Cc2ccc(F)cc2)ccc1F. The molecule has 2 aromatic rings. The summed E-state index contributed by atoms with van der Waals surface area (Å²) in [6, 6.07) is 8.94. The molecule has 1 aromatic heterocycles. The lowest BCUT2D eigenvalue weighted by Gasteiger charge is -2.19. The Morgan fingerprint density at radius 2 is 1.79 bits per heavy atom. The summed E-state index contributed by atoms with van der Waals surface area (Å²) >= 11 is 0. The molecule has 0 radical (unpaired) electrons. The van der Waals surface area contributed by atoms with Crippen molar-refractivity contribution in [2.45, 2.75) is 26.4 Å². The van der Waals surface area contributed by atoms with Crippen LogP contribution in [0.3, 0.4) is 0 Å². The standard InChI is InChI=1S/C19H22F2N2O/c1-13(2)19(12-24)22-11-18-17(21)10-9-16(23-18)8-5-14-3-6-15(20)7-4-14/h3-10,13,19,22,24H,11-12H2,1-2H3/t19-/m0/s1. The third-order valence-corrected chi connectivity index (χ3v) is 3.79. The maximum Gasteiger partial charge on any atom is 0.146 e. The van der Waals surface area contributed by atoms with Gasteiger partial charge in [0, 0.05) is 12.6 Å².